The van der Waals surface area contributed by atoms with Crippen LogP contribution in [0.3, 0.4) is 0 Å². The molecule has 35 heavy (non-hydrogen) atoms. The van der Waals surface area contributed by atoms with Crippen LogP contribution in [0.5, 0.6) is 0 Å². The van der Waals surface area contributed by atoms with Crippen LogP contribution in [-0.4, -0.2) is 65.5 Å². The number of carboxylic acid groups (broad SMARTS) is 1. The molecular formula is C23H26N4O7S. The van der Waals surface area contributed by atoms with E-state index in [0.717, 1.165) is 0 Å². The highest BCUT2D eigenvalue weighted by molar-refractivity contribution is 7.89. The summed E-state index contributed by atoms with van der Waals surface area (Å²) >= 11 is 0. The van der Waals surface area contributed by atoms with Crippen LogP contribution in [0, 0.1) is 23.0 Å². The number of carboxylic acids is 1. The van der Waals surface area contributed by atoms with Crippen molar-refractivity contribution in [3.8, 4) is 0 Å². The third-order valence-electron chi connectivity index (χ3n) is 5.96. The van der Waals surface area contributed by atoms with E-state index in [1.54, 1.807) is 25.1 Å². The molecule has 12 heteroatoms. The molecule has 1 heterocycles. The van der Waals surface area contributed by atoms with Crippen LogP contribution in [0.2, 0.25) is 0 Å². The Morgan fingerprint density at radius 2 is 1.89 bits per heavy atom. The van der Waals surface area contributed by atoms with Crippen molar-refractivity contribution in [3.05, 3.63) is 69.8 Å². The molecule has 0 fully saturated rings. The molecule has 0 spiro atoms. The zero-order valence-corrected chi connectivity index (χ0v) is 20.3. The van der Waals surface area contributed by atoms with Crippen molar-refractivity contribution < 1.29 is 28.0 Å². The van der Waals surface area contributed by atoms with Crippen LogP contribution >= 0.6 is 0 Å². The van der Waals surface area contributed by atoms with E-state index >= 15 is 0 Å². The summed E-state index contributed by atoms with van der Waals surface area (Å²) in [6.07, 6.45) is 0.194. The first-order chi connectivity index (χ1) is 16.4. The molecule has 0 saturated heterocycles. The maximum Gasteiger partial charge on any atom is 0.344 e. The molecule has 11 nitrogen and oxygen atoms in total. The van der Waals surface area contributed by atoms with E-state index in [1.165, 1.54) is 53.5 Å². The Balaban J connectivity index is 1.86. The van der Waals surface area contributed by atoms with E-state index in [4.69, 9.17) is 0 Å². The molecule has 2 aromatic carbocycles. The van der Waals surface area contributed by atoms with Gasteiger partial charge in [0.25, 0.3) is 5.69 Å². The van der Waals surface area contributed by atoms with Gasteiger partial charge in [-0.1, -0.05) is 30.3 Å². The number of amides is 2. The number of non-ortho nitro benzene ring substituents is 1. The van der Waals surface area contributed by atoms with Gasteiger partial charge in [-0.3, -0.25) is 14.9 Å². The lowest BCUT2D eigenvalue weighted by Crippen LogP contribution is -2.47. The van der Waals surface area contributed by atoms with Gasteiger partial charge in [0.15, 0.2) is 0 Å². The first kappa shape index (κ1) is 26.0. The number of sulfonamides is 1. The van der Waals surface area contributed by atoms with Gasteiger partial charge in [-0.15, -0.1) is 0 Å². The quantitative estimate of drug-likeness (QED) is 0.408. The van der Waals surface area contributed by atoms with Gasteiger partial charge in [0.05, 0.1) is 15.9 Å². The first-order valence-electron chi connectivity index (χ1n) is 10.8. The molecule has 2 unspecified atom stereocenters. The predicted molar refractivity (Wildman–Crippen MR) is 128 cm³/mol. The number of benzene rings is 2. The van der Waals surface area contributed by atoms with Crippen LogP contribution in [0.25, 0.3) is 0 Å². The average Bonchev–Trinajstić information content (AvgIpc) is 2.79. The van der Waals surface area contributed by atoms with Crippen molar-refractivity contribution in [1.29, 1.82) is 0 Å². The van der Waals surface area contributed by atoms with Crippen molar-refractivity contribution in [3.63, 3.8) is 0 Å². The maximum atomic E-state index is 13.0. The van der Waals surface area contributed by atoms with Crippen molar-refractivity contribution in [2.75, 3.05) is 20.1 Å². The summed E-state index contributed by atoms with van der Waals surface area (Å²) < 4.78 is 27.1. The van der Waals surface area contributed by atoms with Gasteiger partial charge < -0.3 is 10.0 Å². The number of urea groups is 1. The summed E-state index contributed by atoms with van der Waals surface area (Å²) in [7, 11) is -2.34. The molecule has 2 amide bonds. The Bertz CT molecular complexity index is 1290. The van der Waals surface area contributed by atoms with Crippen LogP contribution in [0.15, 0.2) is 58.4 Å². The minimum absolute atomic E-state index is 0.000381. The summed E-state index contributed by atoms with van der Waals surface area (Å²) in [4.78, 5) is 40.8. The van der Waals surface area contributed by atoms with Gasteiger partial charge >= 0.3 is 12.0 Å². The number of hydrogen-bond donors (Lipinski definition) is 1. The molecule has 1 N–H and O–H groups in total. The normalized spacial score (nSPS) is 18.5. The molecule has 0 radical (unpaired) electrons. The number of nitrogens with zero attached hydrogens (tertiary/aromatic N) is 4. The first-order valence-corrected chi connectivity index (χ1v) is 12.2. The minimum atomic E-state index is -3.77. The summed E-state index contributed by atoms with van der Waals surface area (Å²) in [5.41, 5.74) is 0.748. The highest BCUT2D eigenvalue weighted by Crippen LogP contribution is 2.36. The Kier molecular flexibility index (Phi) is 7.66. The number of nitro benzene ring substituents is 1. The summed E-state index contributed by atoms with van der Waals surface area (Å²) in [6, 6.07) is 10.4. The van der Waals surface area contributed by atoms with Crippen molar-refractivity contribution >= 4 is 33.4 Å². The molecule has 0 aromatic heterocycles. The lowest BCUT2D eigenvalue weighted by atomic mass is 9.86. The zero-order chi connectivity index (χ0) is 25.9. The van der Waals surface area contributed by atoms with E-state index in [-0.39, 0.29) is 41.4 Å². The van der Waals surface area contributed by atoms with Gasteiger partial charge in [-0.25, -0.2) is 22.5 Å². The largest absolute Gasteiger partial charge is 0.481 e. The highest BCUT2D eigenvalue weighted by Gasteiger charge is 2.42. The molecule has 3 rings (SSSR count). The second-order valence-electron chi connectivity index (χ2n) is 8.29. The fourth-order valence-electron chi connectivity index (χ4n) is 4.15. The SMILES string of the molecule is CC1=NC(=O)N(CCCN(C)S(=O)(=O)c2ccccc2C)C(c2cccc([N+](=O)[O-])c2)C1C(=O)O. The molecule has 186 valence electrons. The second-order valence-corrected chi connectivity index (χ2v) is 10.3. The molecule has 1 aliphatic heterocycles. The molecule has 0 bridgehead atoms. The fourth-order valence-corrected chi connectivity index (χ4v) is 5.58. The van der Waals surface area contributed by atoms with Crippen LogP contribution in [0.4, 0.5) is 10.5 Å². The minimum Gasteiger partial charge on any atom is -0.481 e. The van der Waals surface area contributed by atoms with Crippen molar-refractivity contribution in [2.24, 2.45) is 10.9 Å². The van der Waals surface area contributed by atoms with E-state index in [9.17, 15) is 33.2 Å². The number of nitro groups is 1. The van der Waals surface area contributed by atoms with Crippen molar-refractivity contribution in [1.82, 2.24) is 9.21 Å². The van der Waals surface area contributed by atoms with Gasteiger partial charge in [0.2, 0.25) is 10.0 Å². The number of hydrogen-bond acceptors (Lipinski definition) is 6. The van der Waals surface area contributed by atoms with E-state index in [2.05, 4.69) is 4.99 Å². The molecule has 0 aliphatic carbocycles. The highest BCUT2D eigenvalue weighted by atomic mass is 32.2. The monoisotopic (exact) mass is 502 g/mol. The third-order valence-corrected chi connectivity index (χ3v) is 7.98. The Morgan fingerprint density at radius 1 is 1.20 bits per heavy atom. The summed E-state index contributed by atoms with van der Waals surface area (Å²) in [5, 5.41) is 21.1. The lowest BCUT2D eigenvalue weighted by molar-refractivity contribution is -0.385. The third kappa shape index (κ3) is 5.38. The molecule has 0 saturated carbocycles. The Morgan fingerprint density at radius 3 is 2.51 bits per heavy atom. The second kappa shape index (κ2) is 10.3. The van der Waals surface area contributed by atoms with Gasteiger partial charge in [0, 0.05) is 38.0 Å². The lowest BCUT2D eigenvalue weighted by Gasteiger charge is -2.38. The smallest absolute Gasteiger partial charge is 0.344 e. The number of carbonyl (C=O) groups excluding carboxylic acids is 1. The number of aliphatic imine (C=N–C) groups is 1. The van der Waals surface area contributed by atoms with Crippen LogP contribution in [-0.2, 0) is 14.8 Å². The summed E-state index contributed by atoms with van der Waals surface area (Å²) in [5.74, 6) is -2.43. The number of rotatable bonds is 9. The molecule has 2 atom stereocenters. The number of aliphatic carboxylic acids is 1. The van der Waals surface area contributed by atoms with Gasteiger partial charge in [-0.05, 0) is 37.5 Å². The van der Waals surface area contributed by atoms with E-state index < -0.39 is 38.9 Å². The summed E-state index contributed by atoms with van der Waals surface area (Å²) in [6.45, 7) is 3.19. The topological polar surface area (TPSA) is 150 Å². The van der Waals surface area contributed by atoms with Crippen LogP contribution in [0.1, 0.15) is 30.5 Å². The Labute approximate surface area is 202 Å². The van der Waals surface area contributed by atoms with E-state index in [0.29, 0.717) is 5.56 Å². The fraction of sp³-hybridized carbons (Fsp3) is 0.348. The average molecular weight is 503 g/mol. The number of aryl methyl sites for hydroxylation is 1. The molecular weight excluding hydrogens is 476 g/mol. The number of carbonyl (C=O) groups is 2. The van der Waals surface area contributed by atoms with Crippen LogP contribution < -0.4 is 0 Å². The zero-order valence-electron chi connectivity index (χ0n) is 19.5. The van der Waals surface area contributed by atoms with E-state index in [1.807, 2.05) is 0 Å². The van der Waals surface area contributed by atoms with Crippen molar-refractivity contribution in [2.45, 2.75) is 31.2 Å². The molecule has 2 aromatic rings. The van der Waals surface area contributed by atoms with Gasteiger partial charge in [0.1, 0.15) is 5.92 Å². The van der Waals surface area contributed by atoms with Gasteiger partial charge in [-0.2, -0.15) is 0 Å². The predicted octanol–water partition coefficient (Wildman–Crippen LogP) is 3.25. The Hall–Kier alpha value is -3.64. The maximum absolute atomic E-state index is 13.0. The molecule has 1 aliphatic rings. The standard InChI is InChI=1S/C23H26N4O7S/c1-15-8-4-5-11-19(15)35(33,34)25(3)12-7-13-26-21(17-9-6-10-18(14-17)27(31)32)20(22(28)29)16(2)24-23(26)30/h4-6,8-11,14,20-21H,7,12-13H2,1-3H3,(H,28,29).